The minimum Gasteiger partial charge on any atom is -0.497 e. The van der Waals surface area contributed by atoms with E-state index in [0.29, 0.717) is 36.0 Å². The van der Waals surface area contributed by atoms with Crippen LogP contribution < -0.4 is 34.8 Å². The number of benzene rings is 4. The van der Waals surface area contributed by atoms with E-state index in [2.05, 4.69) is 64.4 Å². The summed E-state index contributed by atoms with van der Waals surface area (Å²) < 4.78 is 11.0. The Bertz CT molecular complexity index is 1730. The Morgan fingerprint density at radius 1 is 0.809 bits per heavy atom. The number of ether oxygens (including phenoxy) is 2. The van der Waals surface area contributed by atoms with Crippen molar-refractivity contribution in [3.05, 3.63) is 109 Å². The van der Waals surface area contributed by atoms with E-state index in [1.165, 1.54) is 11.8 Å². The molecule has 3 amide bonds. The number of nitrogens with one attached hydrogen (secondary N) is 2. The molecule has 0 aliphatic carbocycles. The lowest BCUT2D eigenvalue weighted by Gasteiger charge is -2.37. The lowest BCUT2D eigenvalue weighted by atomic mass is 10.1. The number of piperazine rings is 1. The average molecular weight is 633 g/mol. The second kappa shape index (κ2) is 13.9. The maximum Gasteiger partial charge on any atom is 0.329 e. The van der Waals surface area contributed by atoms with Crippen molar-refractivity contribution in [2.24, 2.45) is 0 Å². The van der Waals surface area contributed by atoms with Gasteiger partial charge in [0.15, 0.2) is 0 Å². The molecule has 1 saturated heterocycles. The molecule has 10 nitrogen and oxygen atoms in total. The SMILES string of the molecule is C=CC(=O)Nc1ccc(CN2C(=O)N(c3cc(OC)cc(OC)c3)Cc3ccc(Nc4ccc(N5CCN(C)CC5)cc4)cc32)cc1. The standard InChI is InChI=1S/C37H40N6O4/c1-5-36(44)39-29-9-6-26(7-10-29)24-43-35-20-30(38-28-12-14-31(15-13-28)41-18-16-40(2)17-19-41)11-8-27(35)25-42(37(43)45)32-21-33(46-3)23-34(22-32)47-4/h5-15,20-23,38H,1,16-19,24-25H2,2-4H3,(H,39,44). The first kappa shape index (κ1) is 31.5. The predicted octanol–water partition coefficient (Wildman–Crippen LogP) is 6.47. The zero-order valence-electron chi connectivity index (χ0n) is 27.0. The summed E-state index contributed by atoms with van der Waals surface area (Å²) in [6, 6.07) is 27.4. The monoisotopic (exact) mass is 632 g/mol. The molecule has 2 aliphatic rings. The third-order valence-electron chi connectivity index (χ3n) is 8.59. The van der Waals surface area contributed by atoms with Crippen LogP contribution in [0.3, 0.4) is 0 Å². The Balaban J connectivity index is 1.29. The van der Waals surface area contributed by atoms with Crippen LogP contribution in [0.2, 0.25) is 0 Å². The molecule has 47 heavy (non-hydrogen) atoms. The summed E-state index contributed by atoms with van der Waals surface area (Å²) in [6.45, 7) is 8.37. The van der Waals surface area contributed by atoms with Gasteiger partial charge in [0.05, 0.1) is 38.7 Å². The fourth-order valence-electron chi connectivity index (χ4n) is 5.87. The molecule has 0 bridgehead atoms. The molecule has 242 valence electrons. The van der Waals surface area contributed by atoms with Crippen molar-refractivity contribution >= 4 is 46.1 Å². The van der Waals surface area contributed by atoms with Crippen LogP contribution in [-0.2, 0) is 17.9 Å². The maximum absolute atomic E-state index is 14.3. The average Bonchev–Trinajstić information content (AvgIpc) is 3.10. The van der Waals surface area contributed by atoms with Crippen molar-refractivity contribution < 1.29 is 19.1 Å². The Kier molecular flexibility index (Phi) is 9.30. The molecule has 0 aromatic heterocycles. The molecular formula is C37H40N6O4. The lowest BCUT2D eigenvalue weighted by Crippen LogP contribution is -2.47. The first-order valence-corrected chi connectivity index (χ1v) is 15.6. The van der Waals surface area contributed by atoms with E-state index in [1.54, 1.807) is 30.1 Å². The molecular weight excluding hydrogens is 592 g/mol. The van der Waals surface area contributed by atoms with E-state index < -0.39 is 0 Å². The van der Waals surface area contributed by atoms with Crippen LogP contribution in [0.25, 0.3) is 0 Å². The van der Waals surface area contributed by atoms with Crippen molar-refractivity contribution in [1.29, 1.82) is 0 Å². The molecule has 2 aliphatic heterocycles. The summed E-state index contributed by atoms with van der Waals surface area (Å²) in [7, 11) is 5.34. The zero-order chi connectivity index (χ0) is 32.9. The molecule has 0 spiro atoms. The van der Waals surface area contributed by atoms with Crippen molar-refractivity contribution in [1.82, 2.24) is 4.90 Å². The highest BCUT2D eigenvalue weighted by molar-refractivity contribution is 6.06. The third-order valence-corrected chi connectivity index (χ3v) is 8.59. The number of urea groups is 1. The van der Waals surface area contributed by atoms with Gasteiger partial charge in [0, 0.05) is 67.1 Å². The largest absolute Gasteiger partial charge is 0.497 e. The minimum absolute atomic E-state index is 0.175. The van der Waals surface area contributed by atoms with Crippen LogP contribution in [0.15, 0.2) is 97.6 Å². The molecule has 0 unspecified atom stereocenters. The smallest absolute Gasteiger partial charge is 0.329 e. The minimum atomic E-state index is -0.281. The summed E-state index contributed by atoms with van der Waals surface area (Å²) in [6.07, 6.45) is 1.23. The van der Waals surface area contributed by atoms with E-state index >= 15 is 0 Å². The van der Waals surface area contributed by atoms with Crippen LogP contribution in [0.4, 0.5) is 38.9 Å². The van der Waals surface area contributed by atoms with Gasteiger partial charge in [-0.2, -0.15) is 0 Å². The van der Waals surface area contributed by atoms with Gasteiger partial charge in [0.2, 0.25) is 5.91 Å². The number of hydrogen-bond donors (Lipinski definition) is 2. The van der Waals surface area contributed by atoms with E-state index in [-0.39, 0.29) is 11.9 Å². The van der Waals surface area contributed by atoms with Gasteiger partial charge in [-0.05, 0) is 72.8 Å². The van der Waals surface area contributed by atoms with Crippen molar-refractivity contribution in [3.63, 3.8) is 0 Å². The summed E-state index contributed by atoms with van der Waals surface area (Å²) in [5.41, 5.74) is 7.12. The molecule has 1 fully saturated rings. The van der Waals surface area contributed by atoms with Gasteiger partial charge in [-0.1, -0.05) is 24.8 Å². The molecule has 0 atom stereocenters. The van der Waals surface area contributed by atoms with Gasteiger partial charge in [-0.25, -0.2) is 4.79 Å². The zero-order valence-corrected chi connectivity index (χ0v) is 27.0. The van der Waals surface area contributed by atoms with Gasteiger partial charge in [0.25, 0.3) is 0 Å². The number of carbonyl (C=O) groups excluding carboxylic acids is 2. The van der Waals surface area contributed by atoms with Crippen LogP contribution in [-0.4, -0.2) is 64.3 Å². The second-order valence-electron chi connectivity index (χ2n) is 11.7. The van der Waals surface area contributed by atoms with E-state index in [4.69, 9.17) is 9.47 Å². The Morgan fingerprint density at radius 3 is 2.09 bits per heavy atom. The fourth-order valence-corrected chi connectivity index (χ4v) is 5.87. The van der Waals surface area contributed by atoms with Crippen LogP contribution >= 0.6 is 0 Å². The Hall–Kier alpha value is -5.48. The van der Waals surface area contributed by atoms with E-state index in [0.717, 1.165) is 54.4 Å². The molecule has 4 aromatic rings. The number of carbonyl (C=O) groups is 2. The van der Waals surface area contributed by atoms with Gasteiger partial charge >= 0.3 is 6.03 Å². The first-order valence-electron chi connectivity index (χ1n) is 15.6. The highest BCUT2D eigenvalue weighted by Crippen LogP contribution is 2.38. The molecule has 2 N–H and O–H groups in total. The molecule has 0 saturated carbocycles. The summed E-state index contributed by atoms with van der Waals surface area (Å²) >= 11 is 0. The van der Waals surface area contributed by atoms with Crippen LogP contribution in [0, 0.1) is 0 Å². The van der Waals surface area contributed by atoms with E-state index in [9.17, 15) is 9.59 Å². The van der Waals surface area contributed by atoms with Crippen LogP contribution in [0.5, 0.6) is 11.5 Å². The van der Waals surface area contributed by atoms with Crippen molar-refractivity contribution in [2.75, 3.05) is 72.8 Å². The number of anilines is 6. The lowest BCUT2D eigenvalue weighted by molar-refractivity contribution is -0.111. The van der Waals surface area contributed by atoms with Crippen molar-refractivity contribution in [2.45, 2.75) is 13.1 Å². The van der Waals surface area contributed by atoms with Gasteiger partial charge in [-0.3, -0.25) is 14.6 Å². The molecule has 2 heterocycles. The maximum atomic E-state index is 14.3. The fraction of sp³-hybridized carbons (Fsp3) is 0.243. The number of hydrogen-bond acceptors (Lipinski definition) is 7. The number of fused-ring (bicyclic) bond motifs is 1. The number of nitrogens with zero attached hydrogens (tertiary/aromatic N) is 4. The first-order chi connectivity index (χ1) is 22.8. The Labute approximate surface area is 275 Å². The molecule has 4 aromatic carbocycles. The predicted molar refractivity (Wildman–Crippen MR) is 188 cm³/mol. The van der Waals surface area contributed by atoms with Gasteiger partial charge < -0.3 is 29.9 Å². The summed E-state index contributed by atoms with van der Waals surface area (Å²) in [5, 5.41) is 6.30. The molecule has 0 radical (unpaired) electrons. The van der Waals surface area contributed by atoms with E-state index in [1.807, 2.05) is 48.5 Å². The highest BCUT2D eigenvalue weighted by atomic mass is 16.5. The second-order valence-corrected chi connectivity index (χ2v) is 11.7. The van der Waals surface area contributed by atoms with Crippen molar-refractivity contribution in [3.8, 4) is 11.5 Å². The quantitative estimate of drug-likeness (QED) is 0.194. The molecule has 6 rings (SSSR count). The number of likely N-dealkylation sites (N-methyl/N-ethyl adjacent to an activating group) is 1. The number of rotatable bonds is 10. The summed E-state index contributed by atoms with van der Waals surface area (Å²) in [5.74, 6) is 0.913. The van der Waals surface area contributed by atoms with Crippen LogP contribution in [0.1, 0.15) is 11.1 Å². The number of amides is 3. The topological polar surface area (TPSA) is 89.6 Å². The Morgan fingerprint density at radius 2 is 1.45 bits per heavy atom. The normalized spacial score (nSPS) is 14.8. The highest BCUT2D eigenvalue weighted by Gasteiger charge is 2.32. The third kappa shape index (κ3) is 7.18. The van der Waals surface area contributed by atoms with Gasteiger partial charge in [0.1, 0.15) is 11.5 Å². The number of methoxy groups -OCH3 is 2. The summed E-state index contributed by atoms with van der Waals surface area (Å²) in [4.78, 5) is 34.3. The van der Waals surface area contributed by atoms with Gasteiger partial charge in [-0.15, -0.1) is 0 Å². The molecule has 10 heteroatoms.